The van der Waals surface area contributed by atoms with Gasteiger partial charge < -0.3 is 5.11 Å². The number of rotatable bonds is 8. The molecule has 0 aromatic carbocycles. The molecule has 0 aliphatic rings. The van der Waals surface area contributed by atoms with Crippen molar-refractivity contribution >= 4 is 8.41 Å². The van der Waals surface area contributed by atoms with E-state index in [4.69, 9.17) is 5.11 Å². The number of aliphatic hydroxyl groups excluding tert-OH is 1. The minimum atomic E-state index is 0. The molecule has 15 heavy (non-hydrogen) atoms. The number of hydrogen-bond donors (Lipinski definition) is 1. The summed E-state index contributed by atoms with van der Waals surface area (Å²) >= 11 is 0. The first-order valence-electron chi connectivity index (χ1n) is 5.02. The molecule has 0 spiro atoms. The van der Waals surface area contributed by atoms with E-state index in [-0.39, 0.29) is 22.5 Å². The highest BCUT2D eigenvalue weighted by atomic mass is 19.0. The fourth-order valence-electron chi connectivity index (χ4n) is 1.25. The van der Waals surface area contributed by atoms with E-state index in [1.54, 1.807) is 0 Å². The van der Waals surface area contributed by atoms with E-state index in [0.29, 0.717) is 6.61 Å². The van der Waals surface area contributed by atoms with Gasteiger partial charge in [0.25, 0.3) is 0 Å². The van der Waals surface area contributed by atoms with Gasteiger partial charge in [-0.3, -0.25) is 14.1 Å². The van der Waals surface area contributed by atoms with Crippen LogP contribution in [0.1, 0.15) is 58.3 Å². The summed E-state index contributed by atoms with van der Waals surface area (Å²) in [4.78, 5) is 0. The molecular formula is C10H25BF3O. The minimum Gasteiger partial charge on any atom is -0.396 e. The summed E-state index contributed by atoms with van der Waals surface area (Å²) in [5, 5.41) is 8.51. The summed E-state index contributed by atoms with van der Waals surface area (Å²) in [6.07, 6.45) is 10.4. The second kappa shape index (κ2) is 29.2. The van der Waals surface area contributed by atoms with Crippen LogP contribution in [0, 0.1) is 0 Å². The third-order valence-electron chi connectivity index (χ3n) is 2.01. The maximum atomic E-state index is 8.51. The Hall–Kier alpha value is -0.185. The van der Waals surface area contributed by atoms with Gasteiger partial charge in [-0.1, -0.05) is 51.9 Å². The van der Waals surface area contributed by atoms with Crippen molar-refractivity contribution in [3.63, 3.8) is 0 Å². The monoisotopic (exact) mass is 229 g/mol. The maximum Gasteiger partial charge on any atom is 0.0431 e. The molecule has 1 N–H and O–H groups in total. The van der Waals surface area contributed by atoms with Crippen LogP contribution in [0.4, 0.5) is 14.1 Å². The predicted octanol–water partition coefficient (Wildman–Crippen LogP) is 3.20. The van der Waals surface area contributed by atoms with Gasteiger partial charge in [0.15, 0.2) is 0 Å². The molecule has 0 amide bonds. The largest absolute Gasteiger partial charge is 0.396 e. The van der Waals surface area contributed by atoms with Crippen molar-refractivity contribution in [2.24, 2.45) is 0 Å². The van der Waals surface area contributed by atoms with Crippen molar-refractivity contribution in [2.45, 2.75) is 58.3 Å². The second-order valence-electron chi connectivity index (χ2n) is 3.20. The third-order valence-corrected chi connectivity index (χ3v) is 2.01. The van der Waals surface area contributed by atoms with Crippen LogP contribution in [0.3, 0.4) is 0 Å². The Bertz CT molecular complexity index is 69.7. The molecule has 3 radical (unpaired) electrons. The number of hydrogen-bond acceptors (Lipinski definition) is 1. The highest BCUT2D eigenvalue weighted by Crippen LogP contribution is 2.07. The van der Waals surface area contributed by atoms with Crippen molar-refractivity contribution in [1.82, 2.24) is 0 Å². The molecule has 0 aliphatic carbocycles. The number of aliphatic hydroxyl groups is 1. The lowest BCUT2D eigenvalue weighted by molar-refractivity contribution is 0.282. The first-order chi connectivity index (χ1) is 5.41. The molecule has 0 aromatic rings. The van der Waals surface area contributed by atoms with Gasteiger partial charge in [0.1, 0.15) is 0 Å². The molecule has 0 bridgehead atoms. The highest BCUT2D eigenvalue weighted by Gasteiger charge is 1.89. The topological polar surface area (TPSA) is 20.2 Å². The fraction of sp³-hybridized carbons (Fsp3) is 1.00. The Morgan fingerprint density at radius 1 is 0.667 bits per heavy atom. The lowest BCUT2D eigenvalue weighted by Crippen LogP contribution is -1.83. The first-order valence-corrected chi connectivity index (χ1v) is 5.02. The van der Waals surface area contributed by atoms with E-state index in [9.17, 15) is 0 Å². The van der Waals surface area contributed by atoms with Crippen molar-refractivity contribution in [3.8, 4) is 0 Å². The summed E-state index contributed by atoms with van der Waals surface area (Å²) in [7, 11) is 0. The van der Waals surface area contributed by atoms with Gasteiger partial charge in [0.05, 0.1) is 0 Å². The maximum absolute atomic E-state index is 8.51. The molecule has 95 valence electrons. The van der Waals surface area contributed by atoms with Crippen LogP contribution in [0.2, 0.25) is 0 Å². The summed E-state index contributed by atoms with van der Waals surface area (Å²) in [5.41, 5.74) is 0. The average molecular weight is 229 g/mol. The van der Waals surface area contributed by atoms with Crippen LogP contribution in [-0.4, -0.2) is 20.1 Å². The predicted molar refractivity (Wildman–Crippen MR) is 63.0 cm³/mol. The van der Waals surface area contributed by atoms with Crippen molar-refractivity contribution in [2.75, 3.05) is 6.61 Å². The van der Waals surface area contributed by atoms with Crippen LogP contribution in [0.25, 0.3) is 0 Å². The van der Waals surface area contributed by atoms with Gasteiger partial charge in [-0.15, -0.1) is 0 Å². The third kappa shape index (κ3) is 31.6. The second-order valence-corrected chi connectivity index (χ2v) is 3.20. The standard InChI is InChI=1S/C10H22O.B.3FH/c1-2-3-4-5-6-7-8-9-10-11;;;;/h11H,2-10H2,1H3;;3*1H. The number of halogens is 3. The molecule has 0 saturated carbocycles. The van der Waals surface area contributed by atoms with Gasteiger partial charge in [0, 0.05) is 15.0 Å². The van der Waals surface area contributed by atoms with Gasteiger partial charge in [-0.05, 0) is 6.42 Å². The van der Waals surface area contributed by atoms with E-state index in [2.05, 4.69) is 6.92 Å². The summed E-state index contributed by atoms with van der Waals surface area (Å²) in [6.45, 7) is 2.61. The normalized spacial score (nSPS) is 7.60. The molecule has 0 aliphatic heterocycles. The Kier molecular flexibility index (Phi) is 57.1. The molecule has 0 aromatic heterocycles. The SMILES string of the molecule is CCCCCCCCCCO.F.F.F.[B]. The van der Waals surface area contributed by atoms with E-state index in [0.717, 1.165) is 6.42 Å². The van der Waals surface area contributed by atoms with Gasteiger partial charge in [0.2, 0.25) is 0 Å². The van der Waals surface area contributed by atoms with Gasteiger partial charge in [-0.2, -0.15) is 0 Å². The molecule has 0 unspecified atom stereocenters. The molecule has 0 atom stereocenters. The zero-order valence-corrected chi connectivity index (χ0v) is 9.61. The zero-order valence-electron chi connectivity index (χ0n) is 9.61. The lowest BCUT2D eigenvalue weighted by atomic mass is 10.1. The molecule has 0 fully saturated rings. The van der Waals surface area contributed by atoms with E-state index >= 15 is 0 Å². The summed E-state index contributed by atoms with van der Waals surface area (Å²) in [6, 6.07) is 0. The quantitative estimate of drug-likeness (QED) is 0.500. The Morgan fingerprint density at radius 2 is 1.00 bits per heavy atom. The van der Waals surface area contributed by atoms with E-state index in [1.165, 1.54) is 44.9 Å². The average Bonchev–Trinajstić information content (AvgIpc) is 2.03. The van der Waals surface area contributed by atoms with Crippen LogP contribution < -0.4 is 0 Å². The summed E-state index contributed by atoms with van der Waals surface area (Å²) < 4.78 is 0. The highest BCUT2D eigenvalue weighted by molar-refractivity contribution is 5.75. The van der Waals surface area contributed by atoms with Crippen LogP contribution in [0.5, 0.6) is 0 Å². The Balaban J connectivity index is -0.0000000833. The van der Waals surface area contributed by atoms with Crippen LogP contribution >= 0.6 is 0 Å². The molecule has 5 heteroatoms. The van der Waals surface area contributed by atoms with Crippen LogP contribution in [0.15, 0.2) is 0 Å². The van der Waals surface area contributed by atoms with Crippen LogP contribution in [-0.2, 0) is 0 Å². The molecule has 0 heterocycles. The van der Waals surface area contributed by atoms with E-state index in [1.807, 2.05) is 0 Å². The zero-order chi connectivity index (χ0) is 8.36. The molecule has 1 nitrogen and oxygen atoms in total. The smallest absolute Gasteiger partial charge is 0.0431 e. The van der Waals surface area contributed by atoms with Crippen molar-refractivity contribution in [3.05, 3.63) is 0 Å². The Morgan fingerprint density at radius 3 is 1.33 bits per heavy atom. The minimum absolute atomic E-state index is 0. The summed E-state index contributed by atoms with van der Waals surface area (Å²) in [5.74, 6) is 0. The molecule has 0 saturated heterocycles. The van der Waals surface area contributed by atoms with Gasteiger partial charge >= 0.3 is 0 Å². The lowest BCUT2D eigenvalue weighted by Gasteiger charge is -1.98. The van der Waals surface area contributed by atoms with Crippen molar-refractivity contribution < 1.29 is 19.2 Å². The van der Waals surface area contributed by atoms with E-state index < -0.39 is 0 Å². The molecular weight excluding hydrogens is 204 g/mol. The number of unbranched alkanes of at least 4 members (excludes halogenated alkanes) is 7. The molecule has 0 rings (SSSR count). The first kappa shape index (κ1) is 29.4. The van der Waals surface area contributed by atoms with Gasteiger partial charge in [-0.25, -0.2) is 0 Å². The fourth-order valence-corrected chi connectivity index (χ4v) is 1.25. The van der Waals surface area contributed by atoms with Crippen molar-refractivity contribution in [1.29, 1.82) is 0 Å². The Labute approximate surface area is 93.3 Å².